The minimum Gasteiger partial charge on any atom is -0.309 e. The van der Waals surface area contributed by atoms with Gasteiger partial charge in [0.2, 0.25) is 0 Å². The van der Waals surface area contributed by atoms with Crippen LogP contribution in [0, 0.1) is 11.8 Å². The van der Waals surface area contributed by atoms with Gasteiger partial charge in [-0.2, -0.15) is 0 Å². The van der Waals surface area contributed by atoms with Crippen LogP contribution in [-0.4, -0.2) is 9.55 Å². The third kappa shape index (κ3) is 0.725. The molecule has 0 spiro atoms. The van der Waals surface area contributed by atoms with E-state index in [1.165, 1.54) is 0 Å². The van der Waals surface area contributed by atoms with Gasteiger partial charge in [0, 0.05) is 24.7 Å². The lowest BCUT2D eigenvalue weighted by Gasteiger charge is -1.93. The van der Waals surface area contributed by atoms with Gasteiger partial charge in [0.25, 0.3) is 0 Å². The van der Waals surface area contributed by atoms with Crippen LogP contribution in [-0.2, 0) is 6.42 Å². The standard InChI is InChI=1S/C8H6N2/c1-2-4-8-9-5-7-10(8)6-3-1/h3,5-7H,4H2. The van der Waals surface area contributed by atoms with Crippen LogP contribution in [0.3, 0.4) is 0 Å². The Hall–Kier alpha value is -1.49. The Morgan fingerprint density at radius 1 is 1.60 bits per heavy atom. The number of aromatic nitrogens is 2. The van der Waals surface area contributed by atoms with Gasteiger partial charge in [0.05, 0.1) is 6.42 Å². The normalized spacial score (nSPS) is 13.2. The summed E-state index contributed by atoms with van der Waals surface area (Å²) in [7, 11) is 0. The lowest BCUT2D eigenvalue weighted by Crippen LogP contribution is -1.91. The molecule has 0 fully saturated rings. The molecular formula is C8H6N2. The first kappa shape index (κ1) is 5.31. The summed E-state index contributed by atoms with van der Waals surface area (Å²) in [6.07, 6.45) is 8.20. The molecule has 0 aromatic carbocycles. The van der Waals surface area contributed by atoms with Crippen LogP contribution in [0.1, 0.15) is 5.82 Å². The zero-order chi connectivity index (χ0) is 6.81. The van der Waals surface area contributed by atoms with E-state index in [0.717, 1.165) is 12.2 Å². The molecule has 0 amide bonds. The first-order chi connectivity index (χ1) is 4.97. The van der Waals surface area contributed by atoms with E-state index in [0.29, 0.717) is 0 Å². The lowest BCUT2D eigenvalue weighted by atomic mass is 10.4. The summed E-state index contributed by atoms with van der Waals surface area (Å²) in [6, 6.07) is 0. The molecule has 0 atom stereocenters. The fourth-order valence-electron chi connectivity index (χ4n) is 0.923. The number of hydrogen-bond acceptors (Lipinski definition) is 1. The molecular weight excluding hydrogens is 124 g/mol. The van der Waals surface area contributed by atoms with Crippen molar-refractivity contribution in [2.45, 2.75) is 6.42 Å². The van der Waals surface area contributed by atoms with Crippen LogP contribution >= 0.6 is 0 Å². The van der Waals surface area contributed by atoms with Crippen molar-refractivity contribution < 1.29 is 0 Å². The first-order valence-electron chi connectivity index (χ1n) is 3.13. The molecule has 0 unspecified atom stereocenters. The summed E-state index contributed by atoms with van der Waals surface area (Å²) in [6.45, 7) is 0. The van der Waals surface area contributed by atoms with Crippen molar-refractivity contribution in [1.29, 1.82) is 0 Å². The minimum absolute atomic E-state index is 0.750. The summed E-state index contributed by atoms with van der Waals surface area (Å²) < 4.78 is 1.97. The van der Waals surface area contributed by atoms with Gasteiger partial charge in [-0.25, -0.2) is 4.98 Å². The molecule has 0 radical (unpaired) electrons. The van der Waals surface area contributed by atoms with Crippen molar-refractivity contribution in [3.8, 4) is 11.8 Å². The van der Waals surface area contributed by atoms with Crippen molar-refractivity contribution in [3.63, 3.8) is 0 Å². The lowest BCUT2D eigenvalue weighted by molar-refractivity contribution is 0.987. The topological polar surface area (TPSA) is 17.8 Å². The minimum atomic E-state index is 0.750. The van der Waals surface area contributed by atoms with E-state index >= 15 is 0 Å². The molecule has 48 valence electrons. The molecule has 0 saturated heterocycles. The third-order valence-corrected chi connectivity index (χ3v) is 1.42. The number of rotatable bonds is 0. The Morgan fingerprint density at radius 3 is 3.60 bits per heavy atom. The molecule has 0 bridgehead atoms. The molecule has 2 heteroatoms. The third-order valence-electron chi connectivity index (χ3n) is 1.42. The second-order valence-corrected chi connectivity index (χ2v) is 2.06. The number of fused-ring (bicyclic) bond motifs is 1. The number of hydrogen-bond donors (Lipinski definition) is 0. The van der Waals surface area contributed by atoms with Gasteiger partial charge < -0.3 is 4.57 Å². The SMILES string of the molecule is C1#CCc2nccn2C=C1. The average molecular weight is 130 g/mol. The summed E-state index contributed by atoms with van der Waals surface area (Å²) >= 11 is 0. The van der Waals surface area contributed by atoms with Gasteiger partial charge in [-0.15, -0.1) is 0 Å². The summed E-state index contributed by atoms with van der Waals surface area (Å²) in [5.41, 5.74) is 0. The Bertz CT molecular complexity index is 323. The van der Waals surface area contributed by atoms with Crippen LogP contribution in [0.25, 0.3) is 6.20 Å². The molecule has 2 nitrogen and oxygen atoms in total. The van der Waals surface area contributed by atoms with E-state index in [1.807, 2.05) is 23.0 Å². The predicted molar refractivity (Wildman–Crippen MR) is 39.0 cm³/mol. The smallest absolute Gasteiger partial charge is 0.124 e. The van der Waals surface area contributed by atoms with Crippen LogP contribution in [0.4, 0.5) is 0 Å². The highest BCUT2D eigenvalue weighted by molar-refractivity contribution is 5.37. The van der Waals surface area contributed by atoms with E-state index in [1.54, 1.807) is 6.20 Å². The fourth-order valence-corrected chi connectivity index (χ4v) is 0.923. The largest absolute Gasteiger partial charge is 0.309 e. The number of imidazole rings is 1. The Balaban J connectivity index is 2.54. The maximum Gasteiger partial charge on any atom is 0.124 e. The van der Waals surface area contributed by atoms with Crippen LogP contribution in [0.2, 0.25) is 0 Å². The average Bonchev–Trinajstić information content (AvgIpc) is 2.28. The number of nitrogens with zero attached hydrogens (tertiary/aromatic N) is 2. The van der Waals surface area contributed by atoms with Gasteiger partial charge in [-0.3, -0.25) is 0 Å². The molecule has 2 heterocycles. The van der Waals surface area contributed by atoms with Crippen molar-refractivity contribution in [2.75, 3.05) is 0 Å². The van der Waals surface area contributed by atoms with Crippen molar-refractivity contribution >= 4 is 6.20 Å². The molecule has 10 heavy (non-hydrogen) atoms. The highest BCUT2D eigenvalue weighted by Crippen LogP contribution is 2.00. The van der Waals surface area contributed by atoms with Gasteiger partial charge >= 0.3 is 0 Å². The molecule has 1 aromatic rings. The number of allylic oxidation sites excluding steroid dienone is 1. The monoisotopic (exact) mass is 130 g/mol. The molecule has 2 rings (SSSR count). The van der Waals surface area contributed by atoms with Crippen LogP contribution in [0.15, 0.2) is 18.5 Å². The molecule has 0 aliphatic carbocycles. The van der Waals surface area contributed by atoms with Crippen molar-refractivity contribution in [2.24, 2.45) is 0 Å². The molecule has 0 N–H and O–H groups in total. The quantitative estimate of drug-likeness (QED) is 0.477. The molecule has 0 saturated carbocycles. The Morgan fingerprint density at radius 2 is 2.60 bits per heavy atom. The van der Waals surface area contributed by atoms with E-state index in [4.69, 9.17) is 0 Å². The maximum absolute atomic E-state index is 4.13. The van der Waals surface area contributed by atoms with Gasteiger partial charge in [0.15, 0.2) is 0 Å². The highest BCUT2D eigenvalue weighted by Gasteiger charge is 1.97. The van der Waals surface area contributed by atoms with Crippen LogP contribution < -0.4 is 0 Å². The van der Waals surface area contributed by atoms with Crippen LogP contribution in [0.5, 0.6) is 0 Å². The summed E-state index contributed by atoms with van der Waals surface area (Å²) in [5.74, 6) is 6.87. The Labute approximate surface area is 59.2 Å². The summed E-state index contributed by atoms with van der Waals surface area (Å²) in [5, 5.41) is 0. The zero-order valence-corrected chi connectivity index (χ0v) is 5.41. The van der Waals surface area contributed by atoms with Crippen molar-refractivity contribution in [3.05, 3.63) is 24.3 Å². The maximum atomic E-state index is 4.13. The van der Waals surface area contributed by atoms with E-state index < -0.39 is 0 Å². The Kier molecular flexibility index (Phi) is 1.08. The molecule has 1 aliphatic heterocycles. The van der Waals surface area contributed by atoms with E-state index in [9.17, 15) is 0 Å². The summed E-state index contributed by atoms with van der Waals surface area (Å²) in [4.78, 5) is 4.13. The fraction of sp³-hybridized carbons (Fsp3) is 0.125. The second kappa shape index (κ2) is 2.03. The van der Waals surface area contributed by atoms with Gasteiger partial charge in [-0.05, 0) is 0 Å². The van der Waals surface area contributed by atoms with Gasteiger partial charge in [-0.1, -0.05) is 11.8 Å². The van der Waals surface area contributed by atoms with E-state index in [-0.39, 0.29) is 0 Å². The second-order valence-electron chi connectivity index (χ2n) is 2.06. The van der Waals surface area contributed by atoms with Gasteiger partial charge in [0.1, 0.15) is 5.82 Å². The molecule has 1 aliphatic rings. The molecule has 1 aromatic heterocycles. The predicted octanol–water partition coefficient (Wildman–Crippen LogP) is 0.913. The van der Waals surface area contributed by atoms with E-state index in [2.05, 4.69) is 16.8 Å². The first-order valence-corrected chi connectivity index (χ1v) is 3.13. The van der Waals surface area contributed by atoms with Crippen molar-refractivity contribution in [1.82, 2.24) is 9.55 Å². The highest BCUT2D eigenvalue weighted by atomic mass is 15.0. The zero-order valence-electron chi connectivity index (χ0n) is 5.41.